The molecule has 0 atom stereocenters. The molecule has 156 valence electrons. The van der Waals surface area contributed by atoms with E-state index in [0.717, 1.165) is 28.1 Å². The van der Waals surface area contributed by atoms with Crippen molar-refractivity contribution >= 4 is 11.9 Å². The zero-order valence-electron chi connectivity index (χ0n) is 17.8. The van der Waals surface area contributed by atoms with Gasteiger partial charge in [0.2, 0.25) is 5.78 Å². The number of methoxy groups -OCH3 is 1. The molecule has 0 aliphatic rings. The van der Waals surface area contributed by atoms with Gasteiger partial charge in [-0.15, -0.1) is 0 Å². The molecule has 0 amide bonds. The van der Waals surface area contributed by atoms with Crippen molar-refractivity contribution in [3.8, 4) is 28.8 Å². The number of carbonyl (C=O) groups is 1. The number of ketones is 1. The van der Waals surface area contributed by atoms with E-state index in [1.165, 1.54) is 6.08 Å². The summed E-state index contributed by atoms with van der Waals surface area (Å²) in [6, 6.07) is 26.9. The number of rotatable bonds is 6. The first-order valence-corrected chi connectivity index (χ1v) is 10.1. The molecule has 0 N–H and O–H groups in total. The third-order valence-corrected chi connectivity index (χ3v) is 5.10. The third kappa shape index (κ3) is 4.21. The number of carbonyl (C=O) groups excluding carboxylic acids is 1. The lowest BCUT2D eigenvalue weighted by molar-refractivity contribution is 0.104. The number of ether oxygens (including phenoxy) is 1. The SMILES string of the molecule is COc1ccc(/C=C/C(=O)c2nn(-c3ccc(C)cc3)c(-c3ccccc3)c2C#N)cc1. The highest BCUT2D eigenvalue weighted by atomic mass is 16.5. The number of aryl methyl sites for hydroxylation is 1. The second-order valence-electron chi connectivity index (χ2n) is 7.27. The predicted molar refractivity (Wildman–Crippen MR) is 125 cm³/mol. The van der Waals surface area contributed by atoms with Gasteiger partial charge in [0.25, 0.3) is 0 Å². The second-order valence-corrected chi connectivity index (χ2v) is 7.27. The zero-order valence-corrected chi connectivity index (χ0v) is 17.8. The van der Waals surface area contributed by atoms with E-state index in [2.05, 4.69) is 11.2 Å². The molecule has 5 heteroatoms. The van der Waals surface area contributed by atoms with Crippen molar-refractivity contribution in [3.05, 3.63) is 107 Å². The van der Waals surface area contributed by atoms with E-state index >= 15 is 0 Å². The lowest BCUT2D eigenvalue weighted by atomic mass is 10.0. The Bertz CT molecular complexity index is 1310. The highest BCUT2D eigenvalue weighted by Gasteiger charge is 2.23. The van der Waals surface area contributed by atoms with Crippen molar-refractivity contribution in [1.82, 2.24) is 9.78 Å². The number of nitrogens with zero attached hydrogens (tertiary/aromatic N) is 3. The topological polar surface area (TPSA) is 67.9 Å². The quantitative estimate of drug-likeness (QED) is 0.300. The van der Waals surface area contributed by atoms with Gasteiger partial charge in [-0.3, -0.25) is 4.79 Å². The molecule has 0 saturated heterocycles. The monoisotopic (exact) mass is 419 g/mol. The van der Waals surface area contributed by atoms with Crippen molar-refractivity contribution in [2.45, 2.75) is 6.92 Å². The molecule has 0 unspecified atom stereocenters. The summed E-state index contributed by atoms with van der Waals surface area (Å²) >= 11 is 0. The van der Waals surface area contributed by atoms with E-state index in [-0.39, 0.29) is 17.0 Å². The van der Waals surface area contributed by atoms with Gasteiger partial charge in [-0.25, -0.2) is 4.68 Å². The molecule has 0 spiro atoms. The summed E-state index contributed by atoms with van der Waals surface area (Å²) in [6.45, 7) is 2.00. The van der Waals surface area contributed by atoms with Gasteiger partial charge in [0.15, 0.2) is 5.69 Å². The van der Waals surface area contributed by atoms with Crippen LogP contribution in [0.5, 0.6) is 5.75 Å². The minimum absolute atomic E-state index is 0.122. The van der Waals surface area contributed by atoms with Crippen LogP contribution in [-0.2, 0) is 0 Å². The van der Waals surface area contributed by atoms with Gasteiger partial charge in [-0.05, 0) is 42.8 Å². The summed E-state index contributed by atoms with van der Waals surface area (Å²) in [4.78, 5) is 13.1. The van der Waals surface area contributed by atoms with Gasteiger partial charge < -0.3 is 4.74 Å². The van der Waals surface area contributed by atoms with Crippen molar-refractivity contribution in [3.63, 3.8) is 0 Å². The number of benzene rings is 3. The van der Waals surface area contributed by atoms with E-state index in [4.69, 9.17) is 4.74 Å². The lowest BCUT2D eigenvalue weighted by Crippen LogP contribution is -2.01. The minimum atomic E-state index is -0.333. The van der Waals surface area contributed by atoms with E-state index in [9.17, 15) is 10.1 Å². The standard InChI is InChI=1S/C27H21N3O2/c1-19-8-13-22(14-9-19)30-27(21-6-4-3-5-7-21)24(18-28)26(29-30)25(31)17-12-20-10-15-23(32-2)16-11-20/h3-17H,1-2H3/b17-12+. The average Bonchev–Trinajstić information content (AvgIpc) is 3.23. The Morgan fingerprint density at radius 3 is 2.31 bits per heavy atom. The molecule has 0 bridgehead atoms. The van der Waals surface area contributed by atoms with Gasteiger partial charge in [-0.1, -0.05) is 66.2 Å². The fourth-order valence-corrected chi connectivity index (χ4v) is 3.40. The van der Waals surface area contributed by atoms with Crippen LogP contribution in [0.3, 0.4) is 0 Å². The smallest absolute Gasteiger partial charge is 0.207 e. The van der Waals surface area contributed by atoms with Crippen molar-refractivity contribution in [2.24, 2.45) is 0 Å². The fraction of sp³-hybridized carbons (Fsp3) is 0.0741. The molecule has 32 heavy (non-hydrogen) atoms. The summed E-state index contributed by atoms with van der Waals surface area (Å²) < 4.78 is 6.83. The number of hydrogen-bond donors (Lipinski definition) is 0. The Labute approximate surface area is 186 Å². The molecule has 4 aromatic rings. The van der Waals surface area contributed by atoms with Crippen LogP contribution in [-0.4, -0.2) is 22.7 Å². The zero-order chi connectivity index (χ0) is 22.5. The highest BCUT2D eigenvalue weighted by molar-refractivity contribution is 6.08. The normalized spacial score (nSPS) is 10.8. The van der Waals surface area contributed by atoms with E-state index < -0.39 is 0 Å². The van der Waals surface area contributed by atoms with E-state index in [1.807, 2.05) is 85.8 Å². The van der Waals surface area contributed by atoms with Crippen LogP contribution in [0.25, 0.3) is 23.0 Å². The van der Waals surface area contributed by atoms with Gasteiger partial charge in [0.1, 0.15) is 17.4 Å². The largest absolute Gasteiger partial charge is 0.497 e. The van der Waals surface area contributed by atoms with Crippen LogP contribution in [0.15, 0.2) is 84.9 Å². The molecule has 0 fully saturated rings. The Morgan fingerprint density at radius 1 is 1.00 bits per heavy atom. The van der Waals surface area contributed by atoms with Gasteiger partial charge >= 0.3 is 0 Å². The summed E-state index contributed by atoms with van der Waals surface area (Å²) in [7, 11) is 1.60. The second kappa shape index (κ2) is 9.15. The predicted octanol–water partition coefficient (Wildman–Crippen LogP) is 5.62. The summed E-state index contributed by atoms with van der Waals surface area (Å²) in [5.41, 5.74) is 4.52. The summed E-state index contributed by atoms with van der Waals surface area (Å²) in [6.07, 6.45) is 3.15. The van der Waals surface area contributed by atoms with Gasteiger partial charge in [0.05, 0.1) is 18.5 Å². The Morgan fingerprint density at radius 2 is 1.69 bits per heavy atom. The summed E-state index contributed by atoms with van der Waals surface area (Å²) in [5, 5.41) is 14.5. The fourth-order valence-electron chi connectivity index (χ4n) is 3.40. The number of allylic oxidation sites excluding steroid dienone is 1. The van der Waals surface area contributed by atoms with Crippen LogP contribution in [0.2, 0.25) is 0 Å². The van der Waals surface area contributed by atoms with Crippen LogP contribution in [0.4, 0.5) is 0 Å². The average molecular weight is 419 g/mol. The molecule has 0 radical (unpaired) electrons. The molecular weight excluding hydrogens is 398 g/mol. The van der Waals surface area contributed by atoms with Gasteiger partial charge in [-0.2, -0.15) is 10.4 Å². The third-order valence-electron chi connectivity index (χ3n) is 5.10. The molecule has 3 aromatic carbocycles. The highest BCUT2D eigenvalue weighted by Crippen LogP contribution is 2.29. The first kappa shape index (κ1) is 20.8. The maximum Gasteiger partial charge on any atom is 0.207 e. The van der Waals surface area contributed by atoms with Gasteiger partial charge in [0, 0.05) is 5.56 Å². The molecule has 4 rings (SSSR count). The Balaban J connectivity index is 1.80. The first-order valence-electron chi connectivity index (χ1n) is 10.1. The molecule has 1 aromatic heterocycles. The van der Waals surface area contributed by atoms with Crippen LogP contribution in [0, 0.1) is 18.3 Å². The molecule has 0 aliphatic heterocycles. The first-order chi connectivity index (χ1) is 15.6. The number of nitriles is 1. The molecule has 0 aliphatic carbocycles. The van der Waals surface area contributed by atoms with Crippen molar-refractivity contribution in [1.29, 1.82) is 5.26 Å². The van der Waals surface area contributed by atoms with Crippen LogP contribution in [0.1, 0.15) is 27.2 Å². The Hall–Kier alpha value is -4.43. The molecule has 1 heterocycles. The molecule has 0 saturated carbocycles. The van der Waals surface area contributed by atoms with Crippen molar-refractivity contribution in [2.75, 3.05) is 7.11 Å². The minimum Gasteiger partial charge on any atom is -0.497 e. The van der Waals surface area contributed by atoms with E-state index in [1.54, 1.807) is 17.9 Å². The maximum absolute atomic E-state index is 13.1. The van der Waals surface area contributed by atoms with Crippen LogP contribution < -0.4 is 4.74 Å². The lowest BCUT2D eigenvalue weighted by Gasteiger charge is -2.08. The number of aromatic nitrogens is 2. The van der Waals surface area contributed by atoms with Crippen molar-refractivity contribution < 1.29 is 9.53 Å². The maximum atomic E-state index is 13.1. The molecule has 5 nitrogen and oxygen atoms in total. The van der Waals surface area contributed by atoms with E-state index in [0.29, 0.717) is 5.69 Å². The molecular formula is C27H21N3O2. The van der Waals surface area contributed by atoms with Crippen LogP contribution >= 0.6 is 0 Å². The summed E-state index contributed by atoms with van der Waals surface area (Å²) in [5.74, 6) is 0.407. The Kier molecular flexibility index (Phi) is 5.96. The number of hydrogen-bond acceptors (Lipinski definition) is 4.